The highest BCUT2D eigenvalue weighted by molar-refractivity contribution is 6.06. The van der Waals surface area contributed by atoms with Gasteiger partial charge in [-0.05, 0) is 48.5 Å². The van der Waals surface area contributed by atoms with Gasteiger partial charge in [0.25, 0.3) is 11.8 Å². The largest absolute Gasteiger partial charge is 0.495 e. The van der Waals surface area contributed by atoms with Gasteiger partial charge in [-0.25, -0.2) is 0 Å². The van der Waals surface area contributed by atoms with Crippen molar-refractivity contribution in [1.82, 2.24) is 0 Å². The topological polar surface area (TPSA) is 67.4 Å². The molecule has 0 bridgehead atoms. The molecule has 0 atom stereocenters. The van der Waals surface area contributed by atoms with Gasteiger partial charge in [0.05, 0.1) is 12.8 Å². The lowest BCUT2D eigenvalue weighted by molar-refractivity contribution is 0.101. The number of para-hydroxylation sites is 2. The summed E-state index contributed by atoms with van der Waals surface area (Å²) in [7, 11) is 1.55. The van der Waals surface area contributed by atoms with Crippen LogP contribution in [0.25, 0.3) is 0 Å². The number of benzene rings is 3. The van der Waals surface area contributed by atoms with Gasteiger partial charge in [0.2, 0.25) is 0 Å². The minimum atomic E-state index is -0.254. The first kappa shape index (κ1) is 17.2. The van der Waals surface area contributed by atoms with Gasteiger partial charge in [-0.3, -0.25) is 9.59 Å². The Hall–Kier alpha value is -3.60. The van der Waals surface area contributed by atoms with Gasteiger partial charge in [0.15, 0.2) is 0 Å². The average Bonchev–Trinajstić information content (AvgIpc) is 2.69. The maximum Gasteiger partial charge on any atom is 0.255 e. The summed E-state index contributed by atoms with van der Waals surface area (Å²) in [6.45, 7) is 0. The van der Waals surface area contributed by atoms with Gasteiger partial charge in [-0.15, -0.1) is 0 Å². The lowest BCUT2D eigenvalue weighted by Gasteiger charge is -2.10. The van der Waals surface area contributed by atoms with Crippen molar-refractivity contribution in [3.63, 3.8) is 0 Å². The normalized spacial score (nSPS) is 10.0. The molecule has 0 aliphatic carbocycles. The van der Waals surface area contributed by atoms with Crippen LogP contribution in [0.1, 0.15) is 20.7 Å². The fourth-order valence-electron chi connectivity index (χ4n) is 2.44. The minimum absolute atomic E-state index is 0.197. The van der Waals surface area contributed by atoms with Crippen LogP contribution in [0.4, 0.5) is 11.4 Å². The number of anilines is 2. The van der Waals surface area contributed by atoms with Gasteiger partial charge in [-0.1, -0.05) is 30.3 Å². The number of carbonyl (C=O) groups is 2. The Balaban J connectivity index is 1.67. The maximum atomic E-state index is 12.4. The molecule has 26 heavy (non-hydrogen) atoms. The highest BCUT2D eigenvalue weighted by Crippen LogP contribution is 2.23. The van der Waals surface area contributed by atoms with Crippen molar-refractivity contribution in [2.75, 3.05) is 17.7 Å². The second-order valence-electron chi connectivity index (χ2n) is 5.55. The van der Waals surface area contributed by atoms with Gasteiger partial charge in [0, 0.05) is 16.8 Å². The van der Waals surface area contributed by atoms with E-state index in [-0.39, 0.29) is 11.8 Å². The van der Waals surface area contributed by atoms with Gasteiger partial charge < -0.3 is 15.4 Å². The molecule has 0 aliphatic rings. The van der Waals surface area contributed by atoms with Crippen molar-refractivity contribution in [3.05, 3.63) is 90.0 Å². The van der Waals surface area contributed by atoms with E-state index < -0.39 is 0 Å². The number of hydrogen-bond acceptors (Lipinski definition) is 3. The van der Waals surface area contributed by atoms with Crippen LogP contribution in [0.15, 0.2) is 78.9 Å². The number of rotatable bonds is 5. The zero-order valence-electron chi connectivity index (χ0n) is 14.2. The molecular weight excluding hydrogens is 328 g/mol. The molecule has 0 aromatic heterocycles. The summed E-state index contributed by atoms with van der Waals surface area (Å²) in [5, 5.41) is 5.61. The highest BCUT2D eigenvalue weighted by atomic mass is 16.5. The molecule has 0 aliphatic heterocycles. The summed E-state index contributed by atoms with van der Waals surface area (Å²) in [6, 6.07) is 22.8. The van der Waals surface area contributed by atoms with E-state index in [1.807, 2.05) is 18.2 Å². The molecule has 3 aromatic carbocycles. The summed E-state index contributed by atoms with van der Waals surface area (Å²) in [4.78, 5) is 24.5. The van der Waals surface area contributed by atoms with Crippen LogP contribution in [0.3, 0.4) is 0 Å². The van der Waals surface area contributed by atoms with Crippen LogP contribution in [-0.2, 0) is 0 Å². The van der Waals surface area contributed by atoms with Crippen molar-refractivity contribution in [1.29, 1.82) is 0 Å². The maximum absolute atomic E-state index is 12.4. The number of amides is 2. The molecule has 5 nitrogen and oxygen atoms in total. The van der Waals surface area contributed by atoms with Crippen LogP contribution < -0.4 is 15.4 Å². The Morgan fingerprint density at radius 2 is 1.27 bits per heavy atom. The zero-order chi connectivity index (χ0) is 18.4. The number of ether oxygens (including phenoxy) is 1. The first-order valence-electron chi connectivity index (χ1n) is 8.08. The predicted molar refractivity (Wildman–Crippen MR) is 102 cm³/mol. The average molecular weight is 346 g/mol. The van der Waals surface area contributed by atoms with E-state index in [2.05, 4.69) is 10.6 Å². The minimum Gasteiger partial charge on any atom is -0.495 e. The third-order valence-corrected chi connectivity index (χ3v) is 3.80. The Bertz CT molecular complexity index is 906. The van der Waals surface area contributed by atoms with E-state index in [0.29, 0.717) is 28.3 Å². The second kappa shape index (κ2) is 7.98. The van der Waals surface area contributed by atoms with E-state index in [0.717, 1.165) is 0 Å². The fourth-order valence-corrected chi connectivity index (χ4v) is 2.44. The standard InChI is InChI=1S/C21H18N2O3/c1-26-19-10-6-5-9-18(19)23-21(25)16-11-13-17(14-12-16)22-20(24)15-7-3-2-4-8-15/h2-14H,1H3,(H,22,24)(H,23,25). The van der Waals surface area contributed by atoms with E-state index in [1.165, 1.54) is 0 Å². The van der Waals surface area contributed by atoms with Crippen molar-refractivity contribution in [3.8, 4) is 5.75 Å². The monoisotopic (exact) mass is 346 g/mol. The van der Waals surface area contributed by atoms with Gasteiger partial charge >= 0.3 is 0 Å². The first-order chi connectivity index (χ1) is 12.7. The van der Waals surface area contributed by atoms with Crippen LogP contribution >= 0.6 is 0 Å². The predicted octanol–water partition coefficient (Wildman–Crippen LogP) is 4.20. The number of carbonyl (C=O) groups excluding carboxylic acids is 2. The highest BCUT2D eigenvalue weighted by Gasteiger charge is 2.10. The third kappa shape index (κ3) is 4.08. The molecule has 0 heterocycles. The smallest absolute Gasteiger partial charge is 0.255 e. The summed E-state index contributed by atoms with van der Waals surface area (Å²) >= 11 is 0. The zero-order valence-corrected chi connectivity index (χ0v) is 14.2. The SMILES string of the molecule is COc1ccccc1NC(=O)c1ccc(NC(=O)c2ccccc2)cc1. The van der Waals surface area contributed by atoms with E-state index in [1.54, 1.807) is 67.8 Å². The van der Waals surface area contributed by atoms with E-state index in [9.17, 15) is 9.59 Å². The molecule has 0 saturated heterocycles. The Kier molecular flexibility index (Phi) is 5.29. The van der Waals surface area contributed by atoms with Crippen LogP contribution in [0.2, 0.25) is 0 Å². The second-order valence-corrected chi connectivity index (χ2v) is 5.55. The van der Waals surface area contributed by atoms with Crippen LogP contribution in [0, 0.1) is 0 Å². The van der Waals surface area contributed by atoms with Crippen LogP contribution in [0.5, 0.6) is 5.75 Å². The van der Waals surface area contributed by atoms with E-state index in [4.69, 9.17) is 4.74 Å². The molecule has 2 amide bonds. The van der Waals surface area contributed by atoms with Crippen LogP contribution in [-0.4, -0.2) is 18.9 Å². The Morgan fingerprint density at radius 1 is 0.692 bits per heavy atom. The molecule has 0 saturated carbocycles. The molecule has 3 rings (SSSR count). The molecule has 0 fully saturated rings. The van der Waals surface area contributed by atoms with Crippen molar-refractivity contribution < 1.29 is 14.3 Å². The molecule has 3 aromatic rings. The summed E-state index contributed by atoms with van der Waals surface area (Å²) < 4.78 is 5.22. The quantitative estimate of drug-likeness (QED) is 0.727. The molecule has 5 heteroatoms. The first-order valence-corrected chi connectivity index (χ1v) is 8.08. The molecule has 130 valence electrons. The fraction of sp³-hybridized carbons (Fsp3) is 0.0476. The van der Waals surface area contributed by atoms with E-state index >= 15 is 0 Å². The third-order valence-electron chi connectivity index (χ3n) is 3.80. The van der Waals surface area contributed by atoms with Crippen molar-refractivity contribution in [2.24, 2.45) is 0 Å². The molecule has 2 N–H and O–H groups in total. The molecule has 0 radical (unpaired) electrons. The summed E-state index contributed by atoms with van der Waals surface area (Å²) in [5.41, 5.74) is 2.27. The number of methoxy groups -OCH3 is 1. The molecule has 0 unspecified atom stereocenters. The number of hydrogen-bond donors (Lipinski definition) is 2. The van der Waals surface area contributed by atoms with Crippen molar-refractivity contribution >= 4 is 23.2 Å². The number of nitrogens with one attached hydrogen (secondary N) is 2. The Morgan fingerprint density at radius 3 is 1.96 bits per heavy atom. The van der Waals surface area contributed by atoms with Crippen molar-refractivity contribution in [2.45, 2.75) is 0 Å². The molecule has 0 spiro atoms. The lowest BCUT2D eigenvalue weighted by Crippen LogP contribution is -2.14. The Labute approximate surface area is 151 Å². The molecular formula is C21H18N2O3. The summed E-state index contributed by atoms with van der Waals surface area (Å²) in [5.74, 6) is 0.139. The van der Waals surface area contributed by atoms with Gasteiger partial charge in [-0.2, -0.15) is 0 Å². The summed E-state index contributed by atoms with van der Waals surface area (Å²) in [6.07, 6.45) is 0. The lowest BCUT2D eigenvalue weighted by atomic mass is 10.1. The van der Waals surface area contributed by atoms with Gasteiger partial charge in [0.1, 0.15) is 5.75 Å².